The average molecular weight is 281 g/mol. The van der Waals surface area contributed by atoms with Gasteiger partial charge in [0, 0.05) is 28.1 Å². The summed E-state index contributed by atoms with van der Waals surface area (Å²) in [5.41, 5.74) is 8.32. The Balaban J connectivity index is 2.56. The lowest BCUT2D eigenvalue weighted by Gasteiger charge is -2.02. The van der Waals surface area contributed by atoms with Crippen molar-refractivity contribution in [2.45, 2.75) is 26.3 Å². The van der Waals surface area contributed by atoms with E-state index in [0.717, 1.165) is 23.9 Å². The summed E-state index contributed by atoms with van der Waals surface area (Å²) in [4.78, 5) is 0. The molecule has 0 spiro atoms. The van der Waals surface area contributed by atoms with Crippen molar-refractivity contribution in [1.82, 2.24) is 4.57 Å². The zero-order valence-corrected chi connectivity index (χ0v) is 11.1. The molecule has 0 aliphatic heterocycles. The fourth-order valence-electron chi connectivity index (χ4n) is 2.12. The van der Waals surface area contributed by atoms with Crippen molar-refractivity contribution in [2.75, 3.05) is 6.54 Å². The van der Waals surface area contributed by atoms with Crippen molar-refractivity contribution in [3.05, 3.63) is 34.4 Å². The van der Waals surface area contributed by atoms with Crippen molar-refractivity contribution < 1.29 is 0 Å². The Morgan fingerprint density at radius 3 is 2.88 bits per heavy atom. The second-order valence-electron chi connectivity index (χ2n) is 4.05. The van der Waals surface area contributed by atoms with Crippen molar-refractivity contribution in [1.29, 1.82) is 0 Å². The van der Waals surface area contributed by atoms with Gasteiger partial charge in [0.25, 0.3) is 0 Å². The first-order valence-corrected chi connectivity index (χ1v) is 6.53. The normalized spacial score (nSPS) is 11.2. The quantitative estimate of drug-likeness (QED) is 0.915. The number of benzene rings is 1. The molecule has 1 aromatic carbocycles. The number of nitrogens with zero attached hydrogens (tertiary/aromatic N) is 1. The predicted molar refractivity (Wildman–Crippen MR) is 72.7 cm³/mol. The summed E-state index contributed by atoms with van der Waals surface area (Å²) in [6, 6.07) is 6.46. The van der Waals surface area contributed by atoms with E-state index in [1.807, 2.05) is 0 Å². The largest absolute Gasteiger partial charge is 0.347 e. The molecular formula is C13H17BrN2. The molecule has 0 amide bonds. The Morgan fingerprint density at radius 1 is 1.38 bits per heavy atom. The minimum absolute atomic E-state index is 0.706. The summed E-state index contributed by atoms with van der Waals surface area (Å²) < 4.78 is 3.46. The fourth-order valence-corrected chi connectivity index (χ4v) is 2.48. The van der Waals surface area contributed by atoms with Gasteiger partial charge in [0.05, 0.1) is 0 Å². The van der Waals surface area contributed by atoms with Gasteiger partial charge in [-0.15, -0.1) is 0 Å². The summed E-state index contributed by atoms with van der Waals surface area (Å²) in [6.45, 7) is 3.98. The molecule has 0 radical (unpaired) electrons. The van der Waals surface area contributed by atoms with Gasteiger partial charge >= 0.3 is 0 Å². The fraction of sp³-hybridized carbons (Fsp3) is 0.385. The van der Waals surface area contributed by atoms with Crippen molar-refractivity contribution in [3.8, 4) is 0 Å². The zero-order chi connectivity index (χ0) is 11.5. The van der Waals surface area contributed by atoms with Crippen LogP contribution in [0.15, 0.2) is 28.9 Å². The van der Waals surface area contributed by atoms with E-state index in [2.05, 4.69) is 51.8 Å². The van der Waals surface area contributed by atoms with E-state index in [1.165, 1.54) is 16.5 Å². The number of aromatic nitrogens is 1. The van der Waals surface area contributed by atoms with E-state index in [1.54, 1.807) is 0 Å². The molecule has 86 valence electrons. The van der Waals surface area contributed by atoms with Crippen LogP contribution in [0.3, 0.4) is 0 Å². The van der Waals surface area contributed by atoms with E-state index in [-0.39, 0.29) is 0 Å². The highest BCUT2D eigenvalue weighted by molar-refractivity contribution is 9.10. The Hall–Kier alpha value is -0.800. The highest BCUT2D eigenvalue weighted by Gasteiger charge is 2.07. The highest BCUT2D eigenvalue weighted by atomic mass is 79.9. The summed E-state index contributed by atoms with van der Waals surface area (Å²) in [6.07, 6.45) is 4.35. The van der Waals surface area contributed by atoms with E-state index >= 15 is 0 Å². The van der Waals surface area contributed by atoms with Crippen LogP contribution in [-0.2, 0) is 13.0 Å². The molecule has 2 aromatic rings. The summed E-state index contributed by atoms with van der Waals surface area (Å²) in [7, 11) is 0. The minimum Gasteiger partial charge on any atom is -0.347 e. The lowest BCUT2D eigenvalue weighted by atomic mass is 10.1. The van der Waals surface area contributed by atoms with Crippen LogP contribution in [0.25, 0.3) is 10.9 Å². The predicted octanol–water partition coefficient (Wildman–Crippen LogP) is 3.32. The molecule has 0 aliphatic rings. The van der Waals surface area contributed by atoms with Gasteiger partial charge in [0.15, 0.2) is 0 Å². The van der Waals surface area contributed by atoms with Gasteiger partial charge in [-0.25, -0.2) is 0 Å². The number of rotatable bonds is 4. The van der Waals surface area contributed by atoms with Gasteiger partial charge in [-0.05, 0) is 43.1 Å². The standard InChI is InChI=1S/C13H17BrN2/c1-2-7-16-9-10(5-6-15)12-8-11(14)3-4-13(12)16/h3-4,8-9H,2,5-7,15H2,1H3. The van der Waals surface area contributed by atoms with Crippen LogP contribution in [0, 0.1) is 0 Å². The van der Waals surface area contributed by atoms with Crippen LogP contribution in [0.4, 0.5) is 0 Å². The molecule has 2 nitrogen and oxygen atoms in total. The molecule has 3 heteroatoms. The Kier molecular flexibility index (Phi) is 3.66. The molecule has 0 aliphatic carbocycles. The number of aryl methyl sites for hydroxylation is 1. The molecule has 0 fully saturated rings. The van der Waals surface area contributed by atoms with Gasteiger partial charge in [0.1, 0.15) is 0 Å². The molecule has 2 N–H and O–H groups in total. The van der Waals surface area contributed by atoms with Gasteiger partial charge < -0.3 is 10.3 Å². The number of fused-ring (bicyclic) bond motifs is 1. The highest BCUT2D eigenvalue weighted by Crippen LogP contribution is 2.25. The van der Waals surface area contributed by atoms with Gasteiger partial charge in [-0.3, -0.25) is 0 Å². The number of halogens is 1. The molecule has 16 heavy (non-hydrogen) atoms. The monoisotopic (exact) mass is 280 g/mol. The summed E-state index contributed by atoms with van der Waals surface area (Å²) >= 11 is 3.53. The van der Waals surface area contributed by atoms with Gasteiger partial charge in [0.2, 0.25) is 0 Å². The first-order chi connectivity index (χ1) is 7.76. The number of hydrogen-bond donors (Lipinski definition) is 1. The third-order valence-electron chi connectivity index (χ3n) is 2.80. The molecule has 0 saturated heterocycles. The lowest BCUT2D eigenvalue weighted by Crippen LogP contribution is -2.02. The van der Waals surface area contributed by atoms with E-state index in [4.69, 9.17) is 5.73 Å². The van der Waals surface area contributed by atoms with Crippen molar-refractivity contribution in [3.63, 3.8) is 0 Å². The molecular weight excluding hydrogens is 264 g/mol. The first-order valence-electron chi connectivity index (χ1n) is 5.73. The molecule has 0 unspecified atom stereocenters. The lowest BCUT2D eigenvalue weighted by molar-refractivity contribution is 0.700. The second kappa shape index (κ2) is 5.02. The Morgan fingerprint density at radius 2 is 2.19 bits per heavy atom. The Bertz CT molecular complexity index is 488. The summed E-state index contributed by atoms with van der Waals surface area (Å²) in [5.74, 6) is 0. The second-order valence-corrected chi connectivity index (χ2v) is 4.96. The zero-order valence-electron chi connectivity index (χ0n) is 9.54. The molecule has 0 saturated carbocycles. The maximum atomic E-state index is 5.65. The van der Waals surface area contributed by atoms with Gasteiger partial charge in [-0.2, -0.15) is 0 Å². The van der Waals surface area contributed by atoms with Gasteiger partial charge in [-0.1, -0.05) is 22.9 Å². The third kappa shape index (κ3) is 2.15. The third-order valence-corrected chi connectivity index (χ3v) is 3.30. The van der Waals surface area contributed by atoms with E-state index in [9.17, 15) is 0 Å². The van der Waals surface area contributed by atoms with Crippen LogP contribution in [0.5, 0.6) is 0 Å². The number of nitrogens with two attached hydrogens (primary N) is 1. The first kappa shape index (κ1) is 11.7. The molecule has 1 heterocycles. The molecule has 1 aromatic heterocycles. The maximum absolute atomic E-state index is 5.65. The molecule has 0 atom stereocenters. The minimum atomic E-state index is 0.706. The van der Waals surface area contributed by atoms with Crippen LogP contribution in [-0.4, -0.2) is 11.1 Å². The topological polar surface area (TPSA) is 30.9 Å². The average Bonchev–Trinajstić information content (AvgIpc) is 2.58. The smallest absolute Gasteiger partial charge is 0.0483 e. The van der Waals surface area contributed by atoms with Crippen molar-refractivity contribution >= 4 is 26.8 Å². The van der Waals surface area contributed by atoms with E-state index < -0.39 is 0 Å². The summed E-state index contributed by atoms with van der Waals surface area (Å²) in [5, 5.41) is 1.33. The molecule has 2 rings (SSSR count). The Labute approximate surface area is 105 Å². The van der Waals surface area contributed by atoms with Crippen LogP contribution in [0.1, 0.15) is 18.9 Å². The number of hydrogen-bond acceptors (Lipinski definition) is 1. The SMILES string of the molecule is CCCn1cc(CCN)c2cc(Br)ccc21. The maximum Gasteiger partial charge on any atom is 0.0483 e. The van der Waals surface area contributed by atoms with Crippen LogP contribution in [0.2, 0.25) is 0 Å². The van der Waals surface area contributed by atoms with Crippen LogP contribution >= 0.6 is 15.9 Å². The van der Waals surface area contributed by atoms with Crippen molar-refractivity contribution in [2.24, 2.45) is 5.73 Å². The van der Waals surface area contributed by atoms with Crippen LogP contribution < -0.4 is 5.73 Å². The molecule has 0 bridgehead atoms. The van der Waals surface area contributed by atoms with E-state index in [0.29, 0.717) is 6.54 Å².